The van der Waals surface area contributed by atoms with E-state index in [0.717, 1.165) is 17.5 Å². The fourth-order valence-electron chi connectivity index (χ4n) is 2.15. The van der Waals surface area contributed by atoms with Gasteiger partial charge in [0.1, 0.15) is 5.69 Å². The number of nitrogen functional groups attached to an aromatic ring is 1. The highest BCUT2D eigenvalue weighted by Gasteiger charge is 2.31. The van der Waals surface area contributed by atoms with Crippen molar-refractivity contribution in [3.8, 4) is 0 Å². The molecule has 0 aliphatic heterocycles. The zero-order valence-corrected chi connectivity index (χ0v) is 10.4. The van der Waals surface area contributed by atoms with Gasteiger partial charge in [-0.2, -0.15) is 0 Å². The second kappa shape index (κ2) is 4.03. The van der Waals surface area contributed by atoms with Crippen molar-refractivity contribution in [1.29, 1.82) is 0 Å². The molecule has 0 saturated carbocycles. The van der Waals surface area contributed by atoms with Gasteiger partial charge in [-0.3, -0.25) is 10.1 Å². The van der Waals surface area contributed by atoms with Crippen LogP contribution in [0, 0.1) is 10.1 Å². The zero-order chi connectivity index (χ0) is 11.9. The molecule has 16 heavy (non-hydrogen) atoms. The molecule has 3 N–H and O–H groups in total. The summed E-state index contributed by atoms with van der Waals surface area (Å²) in [5.41, 5.74) is 7.79. The SMILES string of the molecule is CNC1Cc2cc(Br)c(N)c([N+](=O)[O-])c2C1. The third-order valence-corrected chi connectivity index (χ3v) is 3.65. The van der Waals surface area contributed by atoms with Crippen LogP contribution < -0.4 is 11.1 Å². The van der Waals surface area contributed by atoms with E-state index in [4.69, 9.17) is 5.73 Å². The van der Waals surface area contributed by atoms with Crippen LogP contribution in [0.2, 0.25) is 0 Å². The lowest BCUT2D eigenvalue weighted by Crippen LogP contribution is -2.25. The summed E-state index contributed by atoms with van der Waals surface area (Å²) in [5.74, 6) is 0. The fraction of sp³-hybridized carbons (Fsp3) is 0.400. The highest BCUT2D eigenvalue weighted by molar-refractivity contribution is 9.10. The maximum Gasteiger partial charge on any atom is 0.296 e. The van der Waals surface area contributed by atoms with E-state index in [1.165, 1.54) is 0 Å². The number of fused-ring (bicyclic) bond motifs is 1. The number of benzene rings is 1. The van der Waals surface area contributed by atoms with Gasteiger partial charge in [0.25, 0.3) is 5.69 Å². The number of nitrogens with two attached hydrogens (primary N) is 1. The van der Waals surface area contributed by atoms with Crippen molar-refractivity contribution in [2.45, 2.75) is 18.9 Å². The first-order chi connectivity index (χ1) is 7.54. The van der Waals surface area contributed by atoms with Crippen molar-refractivity contribution in [1.82, 2.24) is 5.32 Å². The molecule has 0 radical (unpaired) electrons. The molecule has 1 unspecified atom stereocenters. The molecule has 5 nitrogen and oxygen atoms in total. The van der Waals surface area contributed by atoms with Gasteiger partial charge < -0.3 is 11.1 Å². The number of anilines is 1. The molecule has 86 valence electrons. The van der Waals surface area contributed by atoms with Crippen LogP contribution in [-0.2, 0) is 12.8 Å². The molecular weight excluding hydrogens is 274 g/mol. The molecule has 1 aliphatic carbocycles. The Balaban J connectivity index is 2.58. The van der Waals surface area contributed by atoms with Gasteiger partial charge in [-0.25, -0.2) is 0 Å². The summed E-state index contributed by atoms with van der Waals surface area (Å²) in [7, 11) is 1.86. The number of halogens is 1. The summed E-state index contributed by atoms with van der Waals surface area (Å²) in [6, 6.07) is 2.15. The van der Waals surface area contributed by atoms with Crippen LogP contribution in [-0.4, -0.2) is 18.0 Å². The molecule has 0 saturated heterocycles. The number of likely N-dealkylation sites (N-methyl/N-ethyl adjacent to an activating group) is 1. The van der Waals surface area contributed by atoms with E-state index in [9.17, 15) is 10.1 Å². The largest absolute Gasteiger partial charge is 0.392 e. The molecule has 0 fully saturated rings. The topological polar surface area (TPSA) is 81.2 Å². The minimum atomic E-state index is -0.392. The van der Waals surface area contributed by atoms with Gasteiger partial charge in [-0.1, -0.05) is 0 Å². The Morgan fingerprint density at radius 1 is 1.62 bits per heavy atom. The van der Waals surface area contributed by atoms with Crippen LogP contribution in [0.5, 0.6) is 0 Å². The number of rotatable bonds is 2. The summed E-state index contributed by atoms with van der Waals surface area (Å²) >= 11 is 3.26. The minimum Gasteiger partial charge on any atom is -0.392 e. The van der Waals surface area contributed by atoms with Crippen LogP contribution in [0.4, 0.5) is 11.4 Å². The van der Waals surface area contributed by atoms with Gasteiger partial charge in [0.05, 0.1) is 4.92 Å². The van der Waals surface area contributed by atoms with Gasteiger partial charge in [0.2, 0.25) is 0 Å². The van der Waals surface area contributed by atoms with E-state index in [0.29, 0.717) is 10.9 Å². The highest BCUT2D eigenvalue weighted by atomic mass is 79.9. The Morgan fingerprint density at radius 2 is 2.31 bits per heavy atom. The zero-order valence-electron chi connectivity index (χ0n) is 8.79. The van der Waals surface area contributed by atoms with Gasteiger partial charge in [0.15, 0.2) is 0 Å². The highest BCUT2D eigenvalue weighted by Crippen LogP contribution is 2.39. The molecule has 0 amide bonds. The average Bonchev–Trinajstić information content (AvgIpc) is 2.61. The Hall–Kier alpha value is -1.14. The van der Waals surface area contributed by atoms with Crippen LogP contribution in [0.3, 0.4) is 0 Å². The van der Waals surface area contributed by atoms with Crippen LogP contribution in [0.15, 0.2) is 10.5 Å². The fourth-order valence-corrected chi connectivity index (χ4v) is 2.62. The minimum absolute atomic E-state index is 0.0575. The standard InChI is InChI=1S/C10H12BrN3O2/c1-13-6-2-5-3-8(11)9(12)10(14(15)16)7(5)4-6/h3,6,13H,2,4,12H2,1H3. The van der Waals surface area contributed by atoms with Gasteiger partial charge >= 0.3 is 0 Å². The van der Waals surface area contributed by atoms with Gasteiger partial charge in [-0.15, -0.1) is 0 Å². The molecule has 2 rings (SSSR count). The quantitative estimate of drug-likeness (QED) is 0.492. The Labute approximate surface area is 101 Å². The third-order valence-electron chi connectivity index (χ3n) is 2.99. The van der Waals surface area contributed by atoms with Crippen LogP contribution in [0.25, 0.3) is 0 Å². The van der Waals surface area contributed by atoms with E-state index >= 15 is 0 Å². The Morgan fingerprint density at radius 3 is 2.88 bits per heavy atom. The van der Waals surface area contributed by atoms with Crippen molar-refractivity contribution in [2.24, 2.45) is 0 Å². The molecule has 6 heteroatoms. The second-order valence-corrected chi connectivity index (χ2v) is 4.76. The Kier molecular flexibility index (Phi) is 2.86. The molecule has 0 bridgehead atoms. The molecule has 0 aromatic heterocycles. The van der Waals surface area contributed by atoms with Crippen molar-refractivity contribution in [3.63, 3.8) is 0 Å². The molecular formula is C10H12BrN3O2. The molecule has 1 aliphatic rings. The predicted octanol–water partition coefficient (Wildman–Crippen LogP) is 1.63. The molecule has 0 heterocycles. The maximum absolute atomic E-state index is 11.0. The predicted molar refractivity (Wildman–Crippen MR) is 65.5 cm³/mol. The summed E-state index contributed by atoms with van der Waals surface area (Å²) in [6.45, 7) is 0. The Bertz CT molecular complexity index is 462. The van der Waals surface area contributed by atoms with Crippen molar-refractivity contribution in [2.75, 3.05) is 12.8 Å². The smallest absolute Gasteiger partial charge is 0.296 e. The lowest BCUT2D eigenvalue weighted by molar-refractivity contribution is -0.384. The number of nitrogens with zero attached hydrogens (tertiary/aromatic N) is 1. The number of hydrogen-bond donors (Lipinski definition) is 2. The maximum atomic E-state index is 11.0. The first-order valence-corrected chi connectivity index (χ1v) is 5.75. The molecule has 1 aromatic rings. The summed E-state index contributed by atoms with van der Waals surface area (Å²) < 4.78 is 0.606. The van der Waals surface area contributed by atoms with E-state index < -0.39 is 4.92 Å². The number of nitro benzene ring substituents is 1. The molecule has 1 aromatic carbocycles. The number of nitro groups is 1. The van der Waals surface area contributed by atoms with E-state index in [2.05, 4.69) is 21.2 Å². The third kappa shape index (κ3) is 1.68. The summed E-state index contributed by atoms with van der Waals surface area (Å²) in [4.78, 5) is 10.6. The lowest BCUT2D eigenvalue weighted by atomic mass is 10.1. The van der Waals surface area contributed by atoms with Gasteiger partial charge in [-0.05, 0) is 47.4 Å². The van der Waals surface area contributed by atoms with E-state index in [1.54, 1.807) is 0 Å². The monoisotopic (exact) mass is 285 g/mol. The molecule has 0 spiro atoms. The van der Waals surface area contributed by atoms with Crippen LogP contribution >= 0.6 is 15.9 Å². The van der Waals surface area contributed by atoms with E-state index in [-0.39, 0.29) is 17.4 Å². The number of nitrogens with one attached hydrogen (secondary N) is 1. The first-order valence-electron chi connectivity index (χ1n) is 4.96. The van der Waals surface area contributed by atoms with Gasteiger partial charge in [0, 0.05) is 16.1 Å². The normalized spacial score (nSPS) is 18.5. The second-order valence-electron chi connectivity index (χ2n) is 3.91. The van der Waals surface area contributed by atoms with E-state index in [1.807, 2.05) is 13.1 Å². The van der Waals surface area contributed by atoms with Crippen molar-refractivity contribution >= 4 is 27.3 Å². The first kappa shape index (κ1) is 11.3. The summed E-state index contributed by atoms with van der Waals surface area (Å²) in [5, 5.41) is 14.2. The average molecular weight is 286 g/mol. The number of hydrogen-bond acceptors (Lipinski definition) is 4. The van der Waals surface area contributed by atoms with Crippen LogP contribution in [0.1, 0.15) is 11.1 Å². The lowest BCUT2D eigenvalue weighted by Gasteiger charge is -2.06. The van der Waals surface area contributed by atoms with Crippen molar-refractivity contribution in [3.05, 3.63) is 31.8 Å². The van der Waals surface area contributed by atoms with Crippen molar-refractivity contribution < 1.29 is 4.92 Å². The molecule has 1 atom stereocenters. The summed E-state index contributed by atoms with van der Waals surface area (Å²) in [6.07, 6.45) is 1.48.